The second kappa shape index (κ2) is 5.20. The first-order valence-corrected chi connectivity index (χ1v) is 5.76. The summed E-state index contributed by atoms with van der Waals surface area (Å²) in [6, 6.07) is 4.50. The average Bonchev–Trinajstić information content (AvgIpc) is 2.38. The standard InChI is InChI=1S/C14H11F4NO/c1-8-2-5-12(19-7-8)14(17,18)13(20)10-4-3-9(15)6-11(10)16/h2-7,13,20H,1H3/t13-/m0/s1. The molecule has 1 heterocycles. The molecule has 0 aliphatic carbocycles. The molecule has 1 atom stereocenters. The van der Waals surface area contributed by atoms with Gasteiger partial charge in [0.15, 0.2) is 6.10 Å². The number of aliphatic hydroxyl groups is 1. The van der Waals surface area contributed by atoms with E-state index in [2.05, 4.69) is 4.98 Å². The normalized spacial score (nSPS) is 13.3. The van der Waals surface area contributed by atoms with E-state index >= 15 is 0 Å². The van der Waals surface area contributed by atoms with E-state index in [1.807, 2.05) is 0 Å². The lowest BCUT2D eigenvalue weighted by atomic mass is 10.00. The van der Waals surface area contributed by atoms with Crippen LogP contribution >= 0.6 is 0 Å². The highest BCUT2D eigenvalue weighted by molar-refractivity contribution is 5.26. The van der Waals surface area contributed by atoms with Crippen LogP contribution in [-0.4, -0.2) is 10.1 Å². The topological polar surface area (TPSA) is 33.1 Å². The Morgan fingerprint density at radius 1 is 1.15 bits per heavy atom. The van der Waals surface area contributed by atoms with Gasteiger partial charge in [0, 0.05) is 17.8 Å². The molecule has 0 amide bonds. The van der Waals surface area contributed by atoms with Crippen LogP contribution in [0.5, 0.6) is 0 Å². The van der Waals surface area contributed by atoms with Crippen molar-refractivity contribution in [2.45, 2.75) is 19.0 Å². The molecule has 106 valence electrons. The first-order chi connectivity index (χ1) is 9.32. The lowest BCUT2D eigenvalue weighted by Gasteiger charge is -2.22. The molecule has 2 aromatic rings. The van der Waals surface area contributed by atoms with Crippen molar-refractivity contribution in [3.05, 3.63) is 65.0 Å². The number of aromatic nitrogens is 1. The summed E-state index contributed by atoms with van der Waals surface area (Å²) in [5, 5.41) is 9.69. The van der Waals surface area contributed by atoms with Crippen LogP contribution in [0.25, 0.3) is 0 Å². The van der Waals surface area contributed by atoms with Crippen molar-refractivity contribution in [2.75, 3.05) is 0 Å². The maximum Gasteiger partial charge on any atom is 0.319 e. The summed E-state index contributed by atoms with van der Waals surface area (Å²) < 4.78 is 54.4. The zero-order valence-electron chi connectivity index (χ0n) is 10.4. The van der Waals surface area contributed by atoms with Gasteiger partial charge in [-0.05, 0) is 24.6 Å². The van der Waals surface area contributed by atoms with Crippen molar-refractivity contribution in [3.8, 4) is 0 Å². The van der Waals surface area contributed by atoms with E-state index in [-0.39, 0.29) is 0 Å². The number of pyridine rings is 1. The summed E-state index contributed by atoms with van der Waals surface area (Å²) >= 11 is 0. The molecule has 0 radical (unpaired) electrons. The highest BCUT2D eigenvalue weighted by Crippen LogP contribution is 2.40. The molecule has 6 heteroatoms. The van der Waals surface area contributed by atoms with Crippen LogP contribution in [0.3, 0.4) is 0 Å². The molecule has 0 aliphatic rings. The van der Waals surface area contributed by atoms with Crippen LogP contribution in [0.2, 0.25) is 0 Å². The number of halogens is 4. The SMILES string of the molecule is Cc1ccc(C(F)(F)[C@@H](O)c2ccc(F)cc2F)nc1. The Balaban J connectivity index is 2.39. The fourth-order valence-electron chi connectivity index (χ4n) is 1.72. The quantitative estimate of drug-likeness (QED) is 0.876. The second-order valence-corrected chi connectivity index (χ2v) is 4.41. The van der Waals surface area contributed by atoms with Crippen LogP contribution in [-0.2, 0) is 5.92 Å². The van der Waals surface area contributed by atoms with Crippen molar-refractivity contribution >= 4 is 0 Å². The number of aryl methyl sites for hydroxylation is 1. The molecule has 1 aromatic heterocycles. The first-order valence-electron chi connectivity index (χ1n) is 5.76. The molecule has 1 N–H and O–H groups in total. The third-order valence-electron chi connectivity index (χ3n) is 2.85. The second-order valence-electron chi connectivity index (χ2n) is 4.41. The smallest absolute Gasteiger partial charge is 0.319 e. The van der Waals surface area contributed by atoms with E-state index in [1.54, 1.807) is 6.92 Å². The summed E-state index contributed by atoms with van der Waals surface area (Å²) in [5.41, 5.74) is -0.690. The number of alkyl halides is 2. The van der Waals surface area contributed by atoms with E-state index in [4.69, 9.17) is 0 Å². The summed E-state index contributed by atoms with van der Waals surface area (Å²) in [6.45, 7) is 1.67. The minimum absolute atomic E-state index is 0.442. The Kier molecular flexibility index (Phi) is 3.76. The van der Waals surface area contributed by atoms with E-state index in [9.17, 15) is 22.7 Å². The number of benzene rings is 1. The summed E-state index contributed by atoms with van der Waals surface area (Å²) in [4.78, 5) is 3.54. The zero-order chi connectivity index (χ0) is 14.9. The summed E-state index contributed by atoms with van der Waals surface area (Å²) in [6.07, 6.45) is -1.23. The van der Waals surface area contributed by atoms with Gasteiger partial charge in [-0.25, -0.2) is 8.78 Å². The molecular formula is C14H11F4NO. The maximum atomic E-state index is 14.1. The van der Waals surface area contributed by atoms with Gasteiger partial charge in [-0.3, -0.25) is 4.98 Å². The zero-order valence-corrected chi connectivity index (χ0v) is 10.4. The molecule has 0 bridgehead atoms. The minimum atomic E-state index is -3.79. The van der Waals surface area contributed by atoms with E-state index in [1.165, 1.54) is 12.3 Å². The molecule has 0 fully saturated rings. The van der Waals surface area contributed by atoms with Gasteiger partial charge in [0.2, 0.25) is 0 Å². The van der Waals surface area contributed by atoms with Crippen molar-refractivity contribution in [1.82, 2.24) is 4.98 Å². The van der Waals surface area contributed by atoms with Crippen LogP contribution in [0.1, 0.15) is 22.9 Å². The Bertz CT molecular complexity index is 613. The number of hydrogen-bond donors (Lipinski definition) is 1. The lowest BCUT2D eigenvalue weighted by molar-refractivity contribution is -0.122. The summed E-state index contributed by atoms with van der Waals surface area (Å²) in [7, 11) is 0. The molecule has 0 saturated heterocycles. The number of nitrogens with zero attached hydrogens (tertiary/aromatic N) is 1. The predicted octanol–water partition coefficient (Wildman–Crippen LogP) is 3.49. The molecule has 20 heavy (non-hydrogen) atoms. The van der Waals surface area contributed by atoms with Gasteiger partial charge in [0.1, 0.15) is 17.3 Å². The Morgan fingerprint density at radius 2 is 1.85 bits per heavy atom. The van der Waals surface area contributed by atoms with Crippen molar-refractivity contribution in [3.63, 3.8) is 0 Å². The van der Waals surface area contributed by atoms with Crippen LogP contribution in [0, 0.1) is 18.6 Å². The Morgan fingerprint density at radius 3 is 2.40 bits per heavy atom. The largest absolute Gasteiger partial charge is 0.382 e. The minimum Gasteiger partial charge on any atom is -0.382 e. The Labute approximate surface area is 112 Å². The van der Waals surface area contributed by atoms with Crippen LogP contribution < -0.4 is 0 Å². The number of hydrogen-bond acceptors (Lipinski definition) is 2. The predicted molar refractivity (Wildman–Crippen MR) is 64.2 cm³/mol. The molecule has 0 spiro atoms. The molecule has 2 rings (SSSR count). The third-order valence-corrected chi connectivity index (χ3v) is 2.85. The average molecular weight is 285 g/mol. The van der Waals surface area contributed by atoms with Crippen LogP contribution in [0.4, 0.5) is 17.6 Å². The maximum absolute atomic E-state index is 14.1. The molecular weight excluding hydrogens is 274 g/mol. The van der Waals surface area contributed by atoms with Gasteiger partial charge in [-0.15, -0.1) is 0 Å². The molecule has 0 saturated carbocycles. The highest BCUT2D eigenvalue weighted by atomic mass is 19.3. The van der Waals surface area contributed by atoms with E-state index in [0.29, 0.717) is 11.6 Å². The Hall–Kier alpha value is -1.95. The lowest BCUT2D eigenvalue weighted by Crippen LogP contribution is -2.26. The third kappa shape index (κ3) is 2.65. The fourth-order valence-corrected chi connectivity index (χ4v) is 1.72. The van der Waals surface area contributed by atoms with Gasteiger partial charge in [0.25, 0.3) is 0 Å². The van der Waals surface area contributed by atoms with Gasteiger partial charge < -0.3 is 5.11 Å². The van der Waals surface area contributed by atoms with Crippen molar-refractivity contribution in [2.24, 2.45) is 0 Å². The van der Waals surface area contributed by atoms with Gasteiger partial charge >= 0.3 is 5.92 Å². The molecule has 2 nitrogen and oxygen atoms in total. The van der Waals surface area contributed by atoms with Gasteiger partial charge in [0.05, 0.1) is 0 Å². The van der Waals surface area contributed by atoms with Crippen molar-refractivity contribution in [1.29, 1.82) is 0 Å². The van der Waals surface area contributed by atoms with E-state index in [0.717, 1.165) is 18.2 Å². The van der Waals surface area contributed by atoms with Crippen LogP contribution in [0.15, 0.2) is 36.5 Å². The highest BCUT2D eigenvalue weighted by Gasteiger charge is 2.43. The van der Waals surface area contributed by atoms with Gasteiger partial charge in [-0.2, -0.15) is 8.78 Å². The number of rotatable bonds is 3. The first kappa shape index (κ1) is 14.5. The van der Waals surface area contributed by atoms with E-state index < -0.39 is 34.9 Å². The van der Waals surface area contributed by atoms with Gasteiger partial charge in [-0.1, -0.05) is 12.1 Å². The fraction of sp³-hybridized carbons (Fsp3) is 0.214. The summed E-state index contributed by atoms with van der Waals surface area (Å²) in [5.74, 6) is -5.92. The van der Waals surface area contributed by atoms with Crippen molar-refractivity contribution < 1.29 is 22.7 Å². The monoisotopic (exact) mass is 285 g/mol. The number of aliphatic hydroxyl groups excluding tert-OH is 1. The molecule has 1 aromatic carbocycles. The molecule has 0 unspecified atom stereocenters. The molecule has 0 aliphatic heterocycles.